The van der Waals surface area contributed by atoms with Crippen LogP contribution in [0, 0.1) is 11.8 Å². The van der Waals surface area contributed by atoms with E-state index in [-0.39, 0.29) is 0 Å². The molecule has 2 aliphatic rings. The fourth-order valence-electron chi connectivity index (χ4n) is 2.26. The first-order valence-electron chi connectivity index (χ1n) is 4.16. The average molecular weight is 125 g/mol. The summed E-state index contributed by atoms with van der Waals surface area (Å²) in [5, 5.41) is 3.49. The van der Waals surface area contributed by atoms with Gasteiger partial charge < -0.3 is 5.32 Å². The predicted molar refractivity (Wildman–Crippen MR) is 38.3 cm³/mol. The summed E-state index contributed by atoms with van der Waals surface area (Å²) in [5.74, 6) is 2.08. The highest BCUT2D eigenvalue weighted by Crippen LogP contribution is 2.30. The molecule has 0 spiro atoms. The molecular weight excluding hydrogens is 110 g/mol. The minimum absolute atomic E-state index is 1.04. The first kappa shape index (κ1) is 5.72. The molecule has 0 amide bonds. The van der Waals surface area contributed by atoms with E-state index in [1.54, 1.807) is 0 Å². The molecule has 2 atom stereocenters. The van der Waals surface area contributed by atoms with Gasteiger partial charge in [0.05, 0.1) is 0 Å². The smallest absolute Gasteiger partial charge is 0.00203 e. The molecule has 2 bridgehead atoms. The number of nitrogens with one attached hydrogen (secondary N) is 1. The summed E-state index contributed by atoms with van der Waals surface area (Å²) in [5.41, 5.74) is 0. The fourth-order valence-corrected chi connectivity index (χ4v) is 2.26. The molecule has 0 radical (unpaired) electrons. The Morgan fingerprint density at radius 3 is 2.22 bits per heavy atom. The van der Waals surface area contributed by atoms with Crippen LogP contribution in [-0.2, 0) is 0 Å². The summed E-state index contributed by atoms with van der Waals surface area (Å²) in [6.45, 7) is 2.60. The molecule has 9 heavy (non-hydrogen) atoms. The van der Waals surface area contributed by atoms with Crippen LogP contribution in [-0.4, -0.2) is 13.1 Å². The lowest BCUT2D eigenvalue weighted by molar-refractivity contribution is 0.208. The lowest BCUT2D eigenvalue weighted by Crippen LogP contribution is -2.38. The van der Waals surface area contributed by atoms with E-state index in [4.69, 9.17) is 0 Å². The molecule has 2 rings (SSSR count). The third-order valence-corrected chi connectivity index (χ3v) is 2.76. The van der Waals surface area contributed by atoms with Crippen molar-refractivity contribution in [2.45, 2.75) is 25.7 Å². The highest BCUT2D eigenvalue weighted by molar-refractivity contribution is 4.80. The second-order valence-corrected chi connectivity index (χ2v) is 3.56. The minimum atomic E-state index is 1.04. The van der Waals surface area contributed by atoms with Gasteiger partial charge in [-0.2, -0.15) is 0 Å². The van der Waals surface area contributed by atoms with Gasteiger partial charge in [0.15, 0.2) is 0 Å². The third-order valence-electron chi connectivity index (χ3n) is 2.76. The number of rotatable bonds is 0. The van der Waals surface area contributed by atoms with Crippen LogP contribution in [0.1, 0.15) is 25.7 Å². The molecule has 1 heterocycles. The van der Waals surface area contributed by atoms with Gasteiger partial charge in [-0.15, -0.1) is 0 Å². The topological polar surface area (TPSA) is 12.0 Å². The molecule has 1 saturated carbocycles. The van der Waals surface area contributed by atoms with Crippen molar-refractivity contribution in [1.29, 1.82) is 0 Å². The van der Waals surface area contributed by atoms with Crippen LogP contribution in [0.5, 0.6) is 0 Å². The van der Waals surface area contributed by atoms with Crippen LogP contribution in [0.25, 0.3) is 0 Å². The molecule has 1 saturated heterocycles. The lowest BCUT2D eigenvalue weighted by Gasteiger charge is -2.34. The first-order chi connectivity index (χ1) is 4.45. The van der Waals surface area contributed by atoms with Crippen LogP contribution in [0.15, 0.2) is 0 Å². The van der Waals surface area contributed by atoms with E-state index >= 15 is 0 Å². The molecule has 1 aliphatic carbocycles. The van der Waals surface area contributed by atoms with Gasteiger partial charge in [-0.25, -0.2) is 0 Å². The van der Waals surface area contributed by atoms with Crippen LogP contribution >= 0.6 is 0 Å². The molecule has 1 heteroatoms. The molecule has 0 aromatic carbocycles. The zero-order valence-electron chi connectivity index (χ0n) is 5.90. The summed E-state index contributed by atoms with van der Waals surface area (Å²) < 4.78 is 0. The van der Waals surface area contributed by atoms with Gasteiger partial charge in [0.2, 0.25) is 0 Å². The van der Waals surface area contributed by atoms with Crippen LogP contribution in [0.2, 0.25) is 0 Å². The van der Waals surface area contributed by atoms with Crippen molar-refractivity contribution in [2.24, 2.45) is 11.8 Å². The normalized spacial score (nSPS) is 42.7. The van der Waals surface area contributed by atoms with Gasteiger partial charge in [0.1, 0.15) is 0 Å². The van der Waals surface area contributed by atoms with Gasteiger partial charge in [-0.3, -0.25) is 0 Å². The summed E-state index contributed by atoms with van der Waals surface area (Å²) >= 11 is 0. The number of fused-ring (bicyclic) bond motifs is 2. The van der Waals surface area contributed by atoms with Gasteiger partial charge >= 0.3 is 0 Å². The quantitative estimate of drug-likeness (QED) is 0.516. The van der Waals surface area contributed by atoms with Crippen molar-refractivity contribution in [3.63, 3.8) is 0 Å². The highest BCUT2D eigenvalue weighted by atomic mass is 14.9. The van der Waals surface area contributed by atoms with Crippen molar-refractivity contribution >= 4 is 0 Å². The van der Waals surface area contributed by atoms with E-state index in [2.05, 4.69) is 5.32 Å². The second kappa shape index (κ2) is 2.30. The summed E-state index contributed by atoms with van der Waals surface area (Å²) in [4.78, 5) is 0. The van der Waals surface area contributed by atoms with Gasteiger partial charge in [-0.05, 0) is 44.2 Å². The Hall–Kier alpha value is -0.0400. The van der Waals surface area contributed by atoms with E-state index in [1.807, 2.05) is 0 Å². The molecule has 0 aromatic rings. The van der Waals surface area contributed by atoms with E-state index in [0.29, 0.717) is 0 Å². The maximum atomic E-state index is 3.49. The maximum Gasteiger partial charge on any atom is -0.00203 e. The minimum Gasteiger partial charge on any atom is -0.316 e. The number of hydrogen-bond donors (Lipinski definition) is 1. The van der Waals surface area contributed by atoms with Crippen molar-refractivity contribution in [3.8, 4) is 0 Å². The number of hydrogen-bond acceptors (Lipinski definition) is 1. The van der Waals surface area contributed by atoms with Crippen molar-refractivity contribution in [1.82, 2.24) is 5.32 Å². The Labute approximate surface area is 56.8 Å². The SMILES string of the molecule is C1C[C@@H]2CNC[C@H](C1)C2. The molecule has 0 unspecified atom stereocenters. The van der Waals surface area contributed by atoms with Crippen LogP contribution in [0.4, 0.5) is 0 Å². The monoisotopic (exact) mass is 125 g/mol. The Bertz CT molecular complexity index is 80.7. The largest absolute Gasteiger partial charge is 0.316 e. The molecule has 1 nitrogen and oxygen atoms in total. The van der Waals surface area contributed by atoms with Crippen LogP contribution < -0.4 is 5.32 Å². The van der Waals surface area contributed by atoms with Gasteiger partial charge in [0.25, 0.3) is 0 Å². The van der Waals surface area contributed by atoms with Crippen molar-refractivity contribution < 1.29 is 0 Å². The Morgan fingerprint density at radius 1 is 1.00 bits per heavy atom. The third kappa shape index (κ3) is 1.11. The standard InChI is InChI=1S/C8H15N/c1-2-7-4-8(3-1)6-9-5-7/h7-9H,1-6H2/t7-,8+. The van der Waals surface area contributed by atoms with E-state index in [9.17, 15) is 0 Å². The maximum absolute atomic E-state index is 3.49. The first-order valence-corrected chi connectivity index (χ1v) is 4.16. The lowest BCUT2D eigenvalue weighted by atomic mass is 9.79. The second-order valence-electron chi connectivity index (χ2n) is 3.56. The molecular formula is C8H15N. The molecule has 52 valence electrons. The van der Waals surface area contributed by atoms with Crippen LogP contribution in [0.3, 0.4) is 0 Å². The summed E-state index contributed by atoms with van der Waals surface area (Å²) in [6.07, 6.45) is 6.00. The van der Waals surface area contributed by atoms with Gasteiger partial charge in [0, 0.05) is 0 Å². The Kier molecular flexibility index (Phi) is 1.46. The predicted octanol–water partition coefficient (Wildman–Crippen LogP) is 1.40. The van der Waals surface area contributed by atoms with E-state index in [0.717, 1.165) is 11.8 Å². The summed E-state index contributed by atoms with van der Waals surface area (Å²) in [7, 11) is 0. The number of piperidine rings is 1. The zero-order chi connectivity index (χ0) is 6.10. The molecule has 0 aromatic heterocycles. The Balaban J connectivity index is 1.96. The Morgan fingerprint density at radius 2 is 1.67 bits per heavy atom. The fraction of sp³-hybridized carbons (Fsp3) is 1.00. The summed E-state index contributed by atoms with van der Waals surface area (Å²) in [6, 6.07) is 0. The van der Waals surface area contributed by atoms with E-state index in [1.165, 1.54) is 38.8 Å². The van der Waals surface area contributed by atoms with E-state index < -0.39 is 0 Å². The average Bonchev–Trinajstić information content (AvgIpc) is 1.88. The highest BCUT2D eigenvalue weighted by Gasteiger charge is 2.24. The molecule has 1 aliphatic heterocycles. The van der Waals surface area contributed by atoms with Crippen molar-refractivity contribution in [2.75, 3.05) is 13.1 Å². The van der Waals surface area contributed by atoms with Gasteiger partial charge in [-0.1, -0.05) is 6.42 Å². The zero-order valence-corrected chi connectivity index (χ0v) is 5.90. The van der Waals surface area contributed by atoms with Crippen molar-refractivity contribution in [3.05, 3.63) is 0 Å². The molecule has 2 fully saturated rings. The molecule has 1 N–H and O–H groups in total.